The third kappa shape index (κ3) is 3.02. The molecule has 0 aliphatic rings. The van der Waals surface area contributed by atoms with Crippen molar-refractivity contribution in [3.05, 3.63) is 27.1 Å². The van der Waals surface area contributed by atoms with E-state index < -0.39 is 0 Å². The number of hydrogen-bond acceptors (Lipinski definition) is 2. The molecule has 0 radical (unpaired) electrons. The highest BCUT2D eigenvalue weighted by Gasteiger charge is 2.03. The molecule has 0 aromatic heterocycles. The molecule has 0 spiro atoms. The van der Waals surface area contributed by atoms with Crippen LogP contribution in [-0.2, 0) is 0 Å². The van der Waals surface area contributed by atoms with Gasteiger partial charge in [0.05, 0.1) is 11.8 Å². The van der Waals surface area contributed by atoms with Crippen LogP contribution in [0.4, 0.5) is 5.69 Å². The number of hydrogen-bond donors (Lipinski definition) is 1. The monoisotopic (exact) mass is 302 g/mol. The first-order valence-corrected chi connectivity index (χ1v) is 5.33. The number of nitrogens with zero attached hydrogens (tertiary/aromatic N) is 1. The third-order valence-corrected chi connectivity index (χ3v) is 2.68. The fraction of sp³-hybridized carbons (Fsp3) is 0.222. The highest BCUT2D eigenvalue weighted by Crippen LogP contribution is 2.26. The van der Waals surface area contributed by atoms with Gasteiger partial charge in [0.25, 0.3) is 0 Å². The third-order valence-electron chi connectivity index (χ3n) is 1.49. The van der Waals surface area contributed by atoms with Crippen LogP contribution >= 0.6 is 31.9 Å². The molecular formula is C9H8Br2N2. The Hall–Kier alpha value is -0.530. The molecule has 0 heterocycles. The van der Waals surface area contributed by atoms with Crippen molar-refractivity contribution in [2.45, 2.75) is 13.0 Å². The van der Waals surface area contributed by atoms with Gasteiger partial charge in [-0.3, -0.25) is 0 Å². The quantitative estimate of drug-likeness (QED) is 0.907. The van der Waals surface area contributed by atoms with Crippen LogP contribution in [0.15, 0.2) is 27.1 Å². The van der Waals surface area contributed by atoms with Crippen LogP contribution in [0.5, 0.6) is 0 Å². The van der Waals surface area contributed by atoms with Crippen LogP contribution in [0.25, 0.3) is 0 Å². The second-order valence-corrected chi connectivity index (χ2v) is 4.39. The van der Waals surface area contributed by atoms with Crippen molar-refractivity contribution in [3.63, 3.8) is 0 Å². The second-order valence-electron chi connectivity index (χ2n) is 2.62. The van der Waals surface area contributed by atoms with Gasteiger partial charge in [0, 0.05) is 8.95 Å². The zero-order valence-corrected chi connectivity index (χ0v) is 10.2. The molecule has 0 saturated carbocycles. The molecule has 0 saturated heterocycles. The van der Waals surface area contributed by atoms with Crippen molar-refractivity contribution in [2.75, 3.05) is 5.32 Å². The highest BCUT2D eigenvalue weighted by atomic mass is 79.9. The Morgan fingerprint density at radius 1 is 1.46 bits per heavy atom. The van der Waals surface area contributed by atoms with Crippen LogP contribution in [-0.4, -0.2) is 6.04 Å². The summed E-state index contributed by atoms with van der Waals surface area (Å²) in [7, 11) is 0. The minimum Gasteiger partial charge on any atom is -0.369 e. The Morgan fingerprint density at radius 2 is 2.15 bits per heavy atom. The van der Waals surface area contributed by atoms with Crippen molar-refractivity contribution in [1.82, 2.24) is 0 Å². The molecule has 68 valence electrons. The summed E-state index contributed by atoms with van der Waals surface area (Å²) in [6.45, 7) is 1.81. The lowest BCUT2D eigenvalue weighted by atomic mass is 10.3. The molecule has 0 amide bonds. The SMILES string of the molecule is CC(C#N)Nc1cc(Br)ccc1Br. The molecule has 1 N–H and O–H groups in total. The van der Waals surface area contributed by atoms with Gasteiger partial charge < -0.3 is 5.32 Å². The average molecular weight is 304 g/mol. The summed E-state index contributed by atoms with van der Waals surface area (Å²) in [5.41, 5.74) is 0.920. The van der Waals surface area contributed by atoms with E-state index in [-0.39, 0.29) is 6.04 Å². The molecule has 1 aromatic rings. The molecule has 1 rings (SSSR count). The number of nitrogens with one attached hydrogen (secondary N) is 1. The zero-order chi connectivity index (χ0) is 9.84. The topological polar surface area (TPSA) is 35.8 Å². The summed E-state index contributed by atoms with van der Waals surface area (Å²) in [6.07, 6.45) is 0. The van der Waals surface area contributed by atoms with Gasteiger partial charge in [-0.15, -0.1) is 0 Å². The van der Waals surface area contributed by atoms with Crippen LogP contribution in [0, 0.1) is 11.3 Å². The van der Waals surface area contributed by atoms with Gasteiger partial charge in [0.15, 0.2) is 0 Å². The minimum absolute atomic E-state index is 0.189. The van der Waals surface area contributed by atoms with Gasteiger partial charge in [-0.05, 0) is 41.1 Å². The van der Waals surface area contributed by atoms with E-state index in [0.29, 0.717) is 0 Å². The first kappa shape index (κ1) is 10.6. The standard InChI is InChI=1S/C9H8Br2N2/c1-6(5-12)13-9-4-7(10)2-3-8(9)11/h2-4,6,13H,1H3. The molecular weight excluding hydrogens is 296 g/mol. The Labute approximate surface area is 94.2 Å². The maximum atomic E-state index is 8.62. The maximum absolute atomic E-state index is 8.62. The normalized spacial score (nSPS) is 11.8. The van der Waals surface area contributed by atoms with Crippen molar-refractivity contribution >= 4 is 37.5 Å². The van der Waals surface area contributed by atoms with Gasteiger partial charge in [-0.2, -0.15) is 5.26 Å². The van der Waals surface area contributed by atoms with Crippen LogP contribution in [0.1, 0.15) is 6.92 Å². The number of benzene rings is 1. The van der Waals surface area contributed by atoms with Crippen LogP contribution < -0.4 is 5.32 Å². The number of rotatable bonds is 2. The summed E-state index contributed by atoms with van der Waals surface area (Å²) >= 11 is 6.76. The van der Waals surface area contributed by atoms with Crippen molar-refractivity contribution in [1.29, 1.82) is 5.26 Å². The lowest BCUT2D eigenvalue weighted by Gasteiger charge is -2.09. The van der Waals surface area contributed by atoms with Gasteiger partial charge in [0.1, 0.15) is 6.04 Å². The molecule has 2 nitrogen and oxygen atoms in total. The summed E-state index contributed by atoms with van der Waals surface area (Å²) < 4.78 is 1.95. The summed E-state index contributed by atoms with van der Waals surface area (Å²) in [6, 6.07) is 7.72. The summed E-state index contributed by atoms with van der Waals surface area (Å²) in [4.78, 5) is 0. The smallest absolute Gasteiger partial charge is 0.111 e. The Balaban J connectivity index is 2.88. The van der Waals surface area contributed by atoms with E-state index in [1.54, 1.807) is 0 Å². The Kier molecular flexibility index (Phi) is 3.76. The molecule has 1 atom stereocenters. The van der Waals surface area contributed by atoms with E-state index in [0.717, 1.165) is 14.6 Å². The van der Waals surface area contributed by atoms with Gasteiger partial charge in [0.2, 0.25) is 0 Å². The molecule has 0 bridgehead atoms. The van der Waals surface area contributed by atoms with E-state index in [2.05, 4.69) is 43.2 Å². The van der Waals surface area contributed by atoms with Crippen LogP contribution in [0.3, 0.4) is 0 Å². The van der Waals surface area contributed by atoms with E-state index in [1.165, 1.54) is 0 Å². The summed E-state index contributed by atoms with van der Waals surface area (Å²) in [5.74, 6) is 0. The van der Waals surface area contributed by atoms with E-state index >= 15 is 0 Å². The molecule has 0 aliphatic carbocycles. The molecule has 1 unspecified atom stereocenters. The predicted molar refractivity (Wildman–Crippen MR) is 60.5 cm³/mol. The van der Waals surface area contributed by atoms with E-state index in [1.807, 2.05) is 25.1 Å². The van der Waals surface area contributed by atoms with Gasteiger partial charge in [-0.25, -0.2) is 0 Å². The molecule has 13 heavy (non-hydrogen) atoms. The Bertz CT molecular complexity index is 344. The summed E-state index contributed by atoms with van der Waals surface area (Å²) in [5, 5.41) is 11.7. The second kappa shape index (κ2) is 4.64. The number of nitriles is 1. The zero-order valence-electron chi connectivity index (χ0n) is 7.01. The largest absolute Gasteiger partial charge is 0.369 e. The van der Waals surface area contributed by atoms with Gasteiger partial charge in [-0.1, -0.05) is 15.9 Å². The molecule has 1 aromatic carbocycles. The van der Waals surface area contributed by atoms with Gasteiger partial charge >= 0.3 is 0 Å². The number of anilines is 1. The lowest BCUT2D eigenvalue weighted by Crippen LogP contribution is -2.12. The first-order chi connectivity index (χ1) is 6.13. The average Bonchev–Trinajstić information content (AvgIpc) is 2.11. The fourth-order valence-corrected chi connectivity index (χ4v) is 1.60. The van der Waals surface area contributed by atoms with Crippen LogP contribution in [0.2, 0.25) is 0 Å². The van der Waals surface area contributed by atoms with Crippen molar-refractivity contribution in [2.24, 2.45) is 0 Å². The Morgan fingerprint density at radius 3 is 2.77 bits per heavy atom. The van der Waals surface area contributed by atoms with Crippen molar-refractivity contribution in [3.8, 4) is 6.07 Å². The first-order valence-electron chi connectivity index (χ1n) is 3.74. The molecule has 0 aliphatic heterocycles. The molecule has 4 heteroatoms. The predicted octanol–water partition coefficient (Wildman–Crippen LogP) is 3.54. The van der Waals surface area contributed by atoms with E-state index in [9.17, 15) is 0 Å². The molecule has 0 fully saturated rings. The number of halogens is 2. The fourth-order valence-electron chi connectivity index (χ4n) is 0.874. The van der Waals surface area contributed by atoms with E-state index in [4.69, 9.17) is 5.26 Å². The highest BCUT2D eigenvalue weighted by molar-refractivity contribution is 9.11. The maximum Gasteiger partial charge on any atom is 0.111 e. The lowest BCUT2D eigenvalue weighted by molar-refractivity contribution is 1.01. The minimum atomic E-state index is -0.189. The van der Waals surface area contributed by atoms with Crippen molar-refractivity contribution < 1.29 is 0 Å².